The third-order valence-corrected chi connectivity index (χ3v) is 8.04. The number of hydrogen-bond donors (Lipinski definition) is 1. The summed E-state index contributed by atoms with van der Waals surface area (Å²) in [6.45, 7) is 2.39. The predicted octanol–water partition coefficient (Wildman–Crippen LogP) is 5.91. The van der Waals surface area contributed by atoms with E-state index >= 15 is 0 Å². The first kappa shape index (κ1) is 24.7. The molecule has 0 aliphatic heterocycles. The van der Waals surface area contributed by atoms with Crippen LogP contribution in [0, 0.1) is 0 Å². The molecule has 0 bridgehead atoms. The molecule has 176 valence electrons. The van der Waals surface area contributed by atoms with E-state index in [0.717, 1.165) is 23.4 Å². The second-order valence-corrected chi connectivity index (χ2v) is 10.4. The molecular weight excluding hydrogens is 435 g/mol. The van der Waals surface area contributed by atoms with Crippen LogP contribution < -0.4 is 25.0 Å². The Balaban J connectivity index is 2.16. The molecule has 1 N–H and O–H groups in total. The van der Waals surface area contributed by atoms with Crippen molar-refractivity contribution in [3.05, 3.63) is 78.4 Å². The molecule has 7 heteroatoms. The van der Waals surface area contributed by atoms with Crippen molar-refractivity contribution in [1.29, 1.82) is 0 Å². The minimum atomic E-state index is -3.42. The summed E-state index contributed by atoms with van der Waals surface area (Å²) in [4.78, 5) is 2.01. The van der Waals surface area contributed by atoms with E-state index in [2.05, 4.69) is 5.32 Å². The van der Waals surface area contributed by atoms with Gasteiger partial charge in [-0.2, -0.15) is 0 Å². The second-order valence-electron chi connectivity index (χ2n) is 7.87. The lowest BCUT2D eigenvalue weighted by molar-refractivity contribution is 0.315. The lowest BCUT2D eigenvalue weighted by Gasteiger charge is -2.30. The maximum Gasteiger partial charge on any atom is 0.258 e. The number of para-hydroxylation sites is 1. The van der Waals surface area contributed by atoms with E-state index in [1.807, 2.05) is 98.7 Å². The van der Waals surface area contributed by atoms with E-state index in [1.165, 1.54) is 0 Å². The topological polar surface area (TPSA) is 60.0 Å². The van der Waals surface area contributed by atoms with E-state index in [0.29, 0.717) is 23.4 Å². The van der Waals surface area contributed by atoms with Crippen LogP contribution in [-0.2, 0) is 9.09 Å². The average Bonchev–Trinajstić information content (AvgIpc) is 2.86. The van der Waals surface area contributed by atoms with Crippen LogP contribution in [0.2, 0.25) is 0 Å². The fourth-order valence-electron chi connectivity index (χ4n) is 3.56. The summed E-state index contributed by atoms with van der Waals surface area (Å²) in [5.74, 6) is 0.552. The van der Waals surface area contributed by atoms with Gasteiger partial charge in [0.25, 0.3) is 7.37 Å². The lowest BCUT2D eigenvalue weighted by Crippen LogP contribution is -2.21. The van der Waals surface area contributed by atoms with Crippen LogP contribution in [0.3, 0.4) is 0 Å². The van der Waals surface area contributed by atoms with Gasteiger partial charge in [-0.05, 0) is 60.5 Å². The highest BCUT2D eigenvalue weighted by molar-refractivity contribution is 7.67. The quantitative estimate of drug-likeness (QED) is 0.353. The molecule has 0 heterocycles. The number of anilines is 2. The van der Waals surface area contributed by atoms with E-state index in [-0.39, 0.29) is 0 Å². The van der Waals surface area contributed by atoms with Crippen molar-refractivity contribution in [3.63, 3.8) is 0 Å². The van der Waals surface area contributed by atoms with Gasteiger partial charge in [-0.1, -0.05) is 31.2 Å². The smallest absolute Gasteiger partial charge is 0.258 e. The van der Waals surface area contributed by atoms with E-state index in [4.69, 9.17) is 14.0 Å². The molecule has 0 fully saturated rings. The Kier molecular flexibility index (Phi) is 8.43. The molecule has 3 aromatic rings. The van der Waals surface area contributed by atoms with E-state index < -0.39 is 13.2 Å². The molecule has 6 nitrogen and oxygen atoms in total. The molecule has 0 aliphatic carbocycles. The van der Waals surface area contributed by atoms with Gasteiger partial charge in [0.05, 0.1) is 20.8 Å². The van der Waals surface area contributed by atoms with Crippen molar-refractivity contribution >= 4 is 24.0 Å². The van der Waals surface area contributed by atoms with Gasteiger partial charge in [0, 0.05) is 30.8 Å². The van der Waals surface area contributed by atoms with E-state index in [1.54, 1.807) is 14.2 Å². The zero-order valence-corrected chi connectivity index (χ0v) is 20.8. The number of nitrogens with zero attached hydrogens (tertiary/aromatic N) is 1. The maximum absolute atomic E-state index is 14.7. The van der Waals surface area contributed by atoms with E-state index in [9.17, 15) is 4.57 Å². The number of rotatable bonds is 11. The van der Waals surface area contributed by atoms with Crippen LogP contribution in [0.4, 0.5) is 11.4 Å². The number of hydrogen-bond acceptors (Lipinski definition) is 6. The van der Waals surface area contributed by atoms with Gasteiger partial charge in [0.1, 0.15) is 5.78 Å². The second kappa shape index (κ2) is 11.3. The zero-order chi connectivity index (χ0) is 23.8. The highest BCUT2D eigenvalue weighted by atomic mass is 31.2. The van der Waals surface area contributed by atoms with Crippen LogP contribution >= 0.6 is 7.37 Å². The monoisotopic (exact) mass is 468 g/mol. The summed E-state index contributed by atoms with van der Waals surface area (Å²) in [7, 11) is 3.73. The molecule has 0 saturated carbocycles. The highest BCUT2D eigenvalue weighted by Gasteiger charge is 2.38. The first-order valence-electron chi connectivity index (χ1n) is 11.0. The van der Waals surface area contributed by atoms with Gasteiger partial charge in [-0.15, -0.1) is 0 Å². The fourth-order valence-corrected chi connectivity index (χ4v) is 6.05. The van der Waals surface area contributed by atoms with Gasteiger partial charge in [0.2, 0.25) is 0 Å². The van der Waals surface area contributed by atoms with Crippen LogP contribution in [-0.4, -0.2) is 34.9 Å². The Morgan fingerprint density at radius 1 is 0.909 bits per heavy atom. The minimum absolute atomic E-state index is 0.382. The molecule has 0 saturated heterocycles. The Bertz CT molecular complexity index is 1070. The fraction of sp³-hybridized carbons (Fsp3) is 0.308. The maximum atomic E-state index is 14.7. The van der Waals surface area contributed by atoms with Gasteiger partial charge in [-0.25, -0.2) is 0 Å². The number of benzene rings is 3. The van der Waals surface area contributed by atoms with Gasteiger partial charge < -0.3 is 24.2 Å². The summed E-state index contributed by atoms with van der Waals surface area (Å²) in [5.41, 5.74) is 2.66. The van der Waals surface area contributed by atoms with Crippen molar-refractivity contribution in [2.24, 2.45) is 0 Å². The number of methoxy groups -OCH3 is 2. The molecular formula is C26H33N2O4P. The average molecular weight is 469 g/mol. The van der Waals surface area contributed by atoms with Crippen molar-refractivity contribution in [2.45, 2.75) is 19.1 Å². The molecule has 33 heavy (non-hydrogen) atoms. The SMILES string of the molecule is CCCO[P@@](=O)(c1ccc(N(C)C)cc1)[C@H](Nc1ccccc1)c1ccc(OC)c(OC)c1. The third-order valence-electron chi connectivity index (χ3n) is 5.35. The largest absolute Gasteiger partial charge is 0.493 e. The molecule has 3 aromatic carbocycles. The van der Waals surface area contributed by atoms with Crippen LogP contribution in [0.5, 0.6) is 11.5 Å². The van der Waals surface area contributed by atoms with Crippen molar-refractivity contribution < 1.29 is 18.6 Å². The first-order chi connectivity index (χ1) is 15.9. The van der Waals surface area contributed by atoms with Crippen molar-refractivity contribution in [1.82, 2.24) is 0 Å². The Morgan fingerprint density at radius 2 is 1.58 bits per heavy atom. The van der Waals surface area contributed by atoms with Crippen LogP contribution in [0.25, 0.3) is 0 Å². The zero-order valence-electron chi connectivity index (χ0n) is 19.9. The van der Waals surface area contributed by atoms with Gasteiger partial charge in [-0.3, -0.25) is 4.57 Å². The summed E-state index contributed by atoms with van der Waals surface area (Å²) in [6.07, 6.45) is 0.754. The molecule has 0 aliphatic rings. The Morgan fingerprint density at radius 3 is 2.15 bits per heavy atom. The third kappa shape index (κ3) is 5.70. The summed E-state index contributed by atoms with van der Waals surface area (Å²) >= 11 is 0. The summed E-state index contributed by atoms with van der Waals surface area (Å²) in [6, 6.07) is 23.0. The molecule has 0 unspecified atom stereocenters. The molecule has 0 aromatic heterocycles. The molecule has 0 radical (unpaired) electrons. The normalized spacial score (nSPS) is 13.6. The van der Waals surface area contributed by atoms with Gasteiger partial charge >= 0.3 is 0 Å². The lowest BCUT2D eigenvalue weighted by atomic mass is 10.2. The highest BCUT2D eigenvalue weighted by Crippen LogP contribution is 2.59. The summed E-state index contributed by atoms with van der Waals surface area (Å²) in [5, 5.41) is 4.13. The van der Waals surface area contributed by atoms with Crippen molar-refractivity contribution in [2.75, 3.05) is 45.1 Å². The Hall–Kier alpha value is -2.95. The Labute approximate surface area is 196 Å². The minimum Gasteiger partial charge on any atom is -0.493 e. The molecule has 0 spiro atoms. The number of nitrogens with one attached hydrogen (secondary N) is 1. The first-order valence-corrected chi connectivity index (χ1v) is 12.7. The molecule has 3 rings (SSSR count). The van der Waals surface area contributed by atoms with Crippen LogP contribution in [0.1, 0.15) is 24.7 Å². The van der Waals surface area contributed by atoms with Gasteiger partial charge in [0.15, 0.2) is 11.5 Å². The number of ether oxygens (including phenoxy) is 2. The standard InChI is InChI=1S/C26H33N2O4P/c1-6-18-32-33(29,23-15-13-22(14-16-23)28(2)3)26(27-21-10-8-7-9-11-21)20-12-17-24(30-4)25(19-20)31-5/h7-17,19,26-27H,6,18H2,1-5H3/t26-,33-/m0/s1. The van der Waals surface area contributed by atoms with Crippen LogP contribution in [0.15, 0.2) is 72.8 Å². The molecule has 0 amide bonds. The molecule has 2 atom stereocenters. The predicted molar refractivity (Wildman–Crippen MR) is 137 cm³/mol. The summed E-state index contributed by atoms with van der Waals surface area (Å²) < 4.78 is 31.9. The van der Waals surface area contributed by atoms with Crippen molar-refractivity contribution in [3.8, 4) is 11.5 Å².